The van der Waals surface area contributed by atoms with Crippen molar-refractivity contribution < 1.29 is 9.59 Å². The lowest BCUT2D eigenvalue weighted by Gasteiger charge is -1.90. The molecule has 0 saturated carbocycles. The number of nitrogens with zero attached hydrogens (tertiary/aromatic N) is 1. The summed E-state index contributed by atoms with van der Waals surface area (Å²) in [6.07, 6.45) is 1.23. The minimum Gasteiger partial charge on any atom is -0.352 e. The molecule has 2 rings (SSSR count). The molecule has 4 heteroatoms. The van der Waals surface area contributed by atoms with Crippen LogP contribution in [0.5, 0.6) is 0 Å². The summed E-state index contributed by atoms with van der Waals surface area (Å²) in [5.74, 6) is 0. The Hall–Kier alpha value is -2.41. The van der Waals surface area contributed by atoms with Crippen molar-refractivity contribution in [2.75, 3.05) is 0 Å². The van der Waals surface area contributed by atoms with E-state index in [-0.39, 0.29) is 5.69 Å². The highest BCUT2D eigenvalue weighted by Gasteiger charge is 2.09. The first-order valence-electron chi connectivity index (χ1n) is 4.26. The van der Waals surface area contributed by atoms with E-state index >= 15 is 0 Å². The summed E-state index contributed by atoms with van der Waals surface area (Å²) in [6, 6.07) is 6.86. The van der Waals surface area contributed by atoms with Crippen LogP contribution in [0.4, 0.5) is 0 Å². The maximum Gasteiger partial charge on any atom is 0.167 e. The lowest BCUT2D eigenvalue weighted by Crippen LogP contribution is -1.85. The molecule has 4 nitrogen and oxygen atoms in total. The number of benzene rings is 1. The maximum atomic E-state index is 10.8. The number of aromatic nitrogens is 1. The third-order valence-corrected chi connectivity index (χ3v) is 2.23. The van der Waals surface area contributed by atoms with Crippen molar-refractivity contribution in [2.45, 2.75) is 0 Å². The van der Waals surface area contributed by atoms with Crippen molar-refractivity contribution in [2.24, 2.45) is 0 Å². The van der Waals surface area contributed by atoms with Gasteiger partial charge in [-0.25, -0.2) is 0 Å². The molecule has 0 unspecified atom stereocenters. The van der Waals surface area contributed by atoms with Crippen molar-refractivity contribution in [3.05, 3.63) is 35.0 Å². The van der Waals surface area contributed by atoms with Gasteiger partial charge in [0, 0.05) is 10.9 Å². The molecule has 1 aromatic carbocycles. The maximum absolute atomic E-state index is 10.8. The van der Waals surface area contributed by atoms with Gasteiger partial charge in [-0.2, -0.15) is 5.26 Å². The summed E-state index contributed by atoms with van der Waals surface area (Å²) in [5.41, 5.74) is 1.69. The summed E-state index contributed by atoms with van der Waals surface area (Å²) in [7, 11) is 0. The third-order valence-electron chi connectivity index (χ3n) is 2.23. The Kier molecular flexibility index (Phi) is 2.07. The molecule has 1 aromatic heterocycles. The predicted molar refractivity (Wildman–Crippen MR) is 53.8 cm³/mol. The van der Waals surface area contributed by atoms with Crippen LogP contribution in [0.25, 0.3) is 10.9 Å². The molecule has 0 aliphatic carbocycles. The van der Waals surface area contributed by atoms with Crippen LogP contribution in [-0.2, 0) is 0 Å². The van der Waals surface area contributed by atoms with Crippen molar-refractivity contribution in [1.29, 1.82) is 5.26 Å². The van der Waals surface area contributed by atoms with Crippen LogP contribution in [0.15, 0.2) is 18.2 Å². The molecule has 15 heavy (non-hydrogen) atoms. The van der Waals surface area contributed by atoms with E-state index in [1.54, 1.807) is 18.2 Å². The fourth-order valence-corrected chi connectivity index (χ4v) is 1.53. The molecular weight excluding hydrogens is 192 g/mol. The molecule has 0 aliphatic rings. The van der Waals surface area contributed by atoms with Crippen molar-refractivity contribution in [3.63, 3.8) is 0 Å². The van der Waals surface area contributed by atoms with E-state index in [2.05, 4.69) is 4.98 Å². The number of hydrogen-bond acceptors (Lipinski definition) is 3. The molecule has 0 aliphatic heterocycles. The van der Waals surface area contributed by atoms with Gasteiger partial charge in [-0.3, -0.25) is 9.59 Å². The number of nitriles is 1. The number of rotatable bonds is 2. The highest BCUT2D eigenvalue weighted by atomic mass is 16.1. The van der Waals surface area contributed by atoms with E-state index in [1.807, 2.05) is 6.07 Å². The second kappa shape index (κ2) is 3.39. The van der Waals surface area contributed by atoms with Crippen LogP contribution in [0.1, 0.15) is 26.4 Å². The van der Waals surface area contributed by atoms with Gasteiger partial charge < -0.3 is 4.98 Å². The van der Waals surface area contributed by atoms with E-state index < -0.39 is 0 Å². The van der Waals surface area contributed by atoms with Gasteiger partial charge in [-0.15, -0.1) is 0 Å². The summed E-state index contributed by atoms with van der Waals surface area (Å²) < 4.78 is 0. The van der Waals surface area contributed by atoms with Gasteiger partial charge in [-0.1, -0.05) is 6.07 Å². The zero-order chi connectivity index (χ0) is 10.8. The van der Waals surface area contributed by atoms with Gasteiger partial charge in [-0.05, 0) is 12.1 Å². The number of carbonyl (C=O) groups excluding carboxylic acids is 2. The number of carbonyl (C=O) groups is 2. The Labute approximate surface area is 85.1 Å². The van der Waals surface area contributed by atoms with Crippen molar-refractivity contribution >= 4 is 23.5 Å². The standard InChI is InChI=1S/C11H6N2O2/c12-4-7-1-2-8-9(5-14)11(6-15)13-10(8)3-7/h1-3,5-6,13H. The summed E-state index contributed by atoms with van der Waals surface area (Å²) in [5, 5.41) is 9.34. The first-order chi connectivity index (χ1) is 7.30. The fourth-order valence-electron chi connectivity index (χ4n) is 1.53. The lowest BCUT2D eigenvalue weighted by molar-refractivity contribution is 0.109. The second-order valence-corrected chi connectivity index (χ2v) is 3.06. The first kappa shape index (κ1) is 9.16. The third kappa shape index (κ3) is 1.30. The lowest BCUT2D eigenvalue weighted by atomic mass is 10.1. The molecule has 1 N–H and O–H groups in total. The average molecular weight is 198 g/mol. The Morgan fingerprint density at radius 1 is 1.27 bits per heavy atom. The van der Waals surface area contributed by atoms with Gasteiger partial charge in [0.05, 0.1) is 22.9 Å². The van der Waals surface area contributed by atoms with Gasteiger partial charge >= 0.3 is 0 Å². The molecule has 0 bridgehead atoms. The Morgan fingerprint density at radius 2 is 2.07 bits per heavy atom. The molecule has 0 atom stereocenters. The SMILES string of the molecule is N#Cc1ccc2c(C=O)c(C=O)[nH]c2c1. The number of hydrogen-bond donors (Lipinski definition) is 1. The zero-order valence-corrected chi connectivity index (χ0v) is 7.65. The second-order valence-electron chi connectivity index (χ2n) is 3.06. The number of aldehydes is 2. The largest absolute Gasteiger partial charge is 0.352 e. The van der Waals surface area contributed by atoms with Crippen LogP contribution in [0, 0.1) is 11.3 Å². The summed E-state index contributed by atoms with van der Waals surface area (Å²) in [6.45, 7) is 0. The van der Waals surface area contributed by atoms with Crippen molar-refractivity contribution in [1.82, 2.24) is 4.98 Å². The smallest absolute Gasteiger partial charge is 0.167 e. The van der Waals surface area contributed by atoms with Gasteiger partial charge in [0.25, 0.3) is 0 Å². The Morgan fingerprint density at radius 3 is 2.67 bits per heavy atom. The van der Waals surface area contributed by atoms with Gasteiger partial charge in [0.1, 0.15) is 0 Å². The molecule has 0 saturated heterocycles. The highest BCUT2D eigenvalue weighted by molar-refractivity contribution is 6.04. The van der Waals surface area contributed by atoms with E-state index in [9.17, 15) is 9.59 Å². The van der Waals surface area contributed by atoms with Crippen LogP contribution in [-0.4, -0.2) is 17.6 Å². The molecule has 0 fully saturated rings. The number of nitrogens with one attached hydrogen (secondary N) is 1. The van der Waals surface area contributed by atoms with Crippen LogP contribution < -0.4 is 0 Å². The Bertz CT molecular complexity index is 590. The Balaban J connectivity index is 2.83. The number of H-pyrrole nitrogens is 1. The predicted octanol–water partition coefficient (Wildman–Crippen LogP) is 1.66. The van der Waals surface area contributed by atoms with Crippen molar-refractivity contribution in [3.8, 4) is 6.07 Å². The highest BCUT2D eigenvalue weighted by Crippen LogP contribution is 2.20. The monoisotopic (exact) mass is 198 g/mol. The first-order valence-corrected chi connectivity index (χ1v) is 4.26. The molecule has 0 radical (unpaired) electrons. The van der Waals surface area contributed by atoms with Gasteiger partial charge in [0.2, 0.25) is 0 Å². The molecule has 0 spiro atoms. The molecule has 0 amide bonds. The minimum atomic E-state index is 0.245. The van der Waals surface area contributed by atoms with E-state index in [4.69, 9.17) is 5.26 Å². The molecule has 72 valence electrons. The van der Waals surface area contributed by atoms with E-state index in [1.165, 1.54) is 0 Å². The summed E-state index contributed by atoms with van der Waals surface area (Å²) >= 11 is 0. The topological polar surface area (TPSA) is 73.7 Å². The minimum absolute atomic E-state index is 0.245. The van der Waals surface area contributed by atoms with E-state index in [0.717, 1.165) is 0 Å². The fraction of sp³-hybridized carbons (Fsp3) is 0. The quantitative estimate of drug-likeness (QED) is 0.746. The molecule has 2 aromatic rings. The van der Waals surface area contributed by atoms with Gasteiger partial charge in [0.15, 0.2) is 12.6 Å². The van der Waals surface area contributed by atoms with Crippen LogP contribution >= 0.6 is 0 Å². The average Bonchev–Trinajstić information content (AvgIpc) is 2.65. The van der Waals surface area contributed by atoms with Crippen LogP contribution in [0.3, 0.4) is 0 Å². The normalized spacial score (nSPS) is 9.80. The zero-order valence-electron chi connectivity index (χ0n) is 7.65. The number of aromatic amines is 1. The summed E-state index contributed by atoms with van der Waals surface area (Å²) in [4.78, 5) is 24.2. The van der Waals surface area contributed by atoms with E-state index in [0.29, 0.717) is 34.6 Å². The molecule has 1 heterocycles. The molecular formula is C11H6N2O2. The number of fused-ring (bicyclic) bond motifs is 1. The van der Waals surface area contributed by atoms with Crippen LogP contribution in [0.2, 0.25) is 0 Å².